The summed E-state index contributed by atoms with van der Waals surface area (Å²) in [6, 6.07) is 10.9. The smallest absolute Gasteiger partial charge is 0.242 e. The molecule has 0 amide bonds. The van der Waals surface area contributed by atoms with Gasteiger partial charge in [0.15, 0.2) is 0 Å². The maximum Gasteiger partial charge on any atom is 0.242 e. The summed E-state index contributed by atoms with van der Waals surface area (Å²) in [4.78, 5) is 0.134. The highest BCUT2D eigenvalue weighted by Gasteiger charge is 2.60. The molecular formula is C15H14ClNO3S. The fourth-order valence-corrected chi connectivity index (χ4v) is 5.06. The second-order valence-corrected chi connectivity index (χ2v) is 7.87. The van der Waals surface area contributed by atoms with Crippen LogP contribution in [-0.2, 0) is 14.8 Å². The Labute approximate surface area is 128 Å². The van der Waals surface area contributed by atoms with Crippen LogP contribution < -0.4 is 4.72 Å². The van der Waals surface area contributed by atoms with Gasteiger partial charge in [-0.1, -0.05) is 35.9 Å². The first kappa shape index (κ1) is 13.5. The fourth-order valence-electron chi connectivity index (χ4n) is 3.03. The largest absolute Gasteiger partial charge is 0.379 e. The number of rotatable bonds is 3. The van der Waals surface area contributed by atoms with E-state index >= 15 is 0 Å². The Kier molecular flexibility index (Phi) is 2.85. The summed E-state index contributed by atoms with van der Waals surface area (Å²) in [6.07, 6.45) is 0.845. The zero-order chi connectivity index (χ0) is 14.7. The normalized spacial score (nSPS) is 27.8. The molecule has 1 saturated heterocycles. The van der Waals surface area contributed by atoms with E-state index in [9.17, 15) is 8.42 Å². The van der Waals surface area contributed by atoms with Crippen LogP contribution in [0.1, 0.15) is 6.42 Å². The molecule has 0 bridgehead atoms. The number of fused-ring (bicyclic) bond motifs is 2. The second kappa shape index (κ2) is 4.43. The van der Waals surface area contributed by atoms with Crippen molar-refractivity contribution in [3.8, 4) is 0 Å². The molecule has 4 nitrogen and oxygen atoms in total. The molecule has 2 aromatic carbocycles. The van der Waals surface area contributed by atoms with Crippen LogP contribution in [0.2, 0.25) is 5.02 Å². The average Bonchev–Trinajstić information content (AvgIpc) is 2.96. The standard InChI is InChI=1S/C15H14ClNO3S/c16-13-5-10-3-1-2-4-11(10)6-14(13)21(18,19)17-15-7-12(15)8-20-9-15/h1-6,12,17H,7-9H2/t12-,15-/m0/s1. The van der Waals surface area contributed by atoms with Gasteiger partial charge in [-0.2, -0.15) is 0 Å². The maximum atomic E-state index is 12.6. The highest BCUT2D eigenvalue weighted by atomic mass is 35.5. The molecule has 2 aromatic rings. The molecule has 4 rings (SSSR count). The van der Waals surface area contributed by atoms with Crippen LogP contribution in [0.25, 0.3) is 10.8 Å². The molecule has 0 unspecified atom stereocenters. The van der Waals surface area contributed by atoms with Crippen molar-refractivity contribution in [3.05, 3.63) is 41.4 Å². The predicted molar refractivity (Wildman–Crippen MR) is 80.9 cm³/mol. The summed E-state index contributed by atoms with van der Waals surface area (Å²) < 4.78 is 33.4. The van der Waals surface area contributed by atoms with Crippen molar-refractivity contribution < 1.29 is 13.2 Å². The Hall–Kier alpha value is -1.14. The topological polar surface area (TPSA) is 55.4 Å². The number of ether oxygens (including phenoxy) is 1. The van der Waals surface area contributed by atoms with E-state index in [2.05, 4.69) is 4.72 Å². The first-order valence-electron chi connectivity index (χ1n) is 6.80. The third-order valence-electron chi connectivity index (χ3n) is 4.34. The quantitative estimate of drug-likeness (QED) is 0.944. The van der Waals surface area contributed by atoms with Gasteiger partial charge in [-0.25, -0.2) is 13.1 Å². The number of nitrogens with one attached hydrogen (secondary N) is 1. The van der Waals surface area contributed by atoms with Crippen LogP contribution >= 0.6 is 11.6 Å². The third kappa shape index (κ3) is 2.16. The first-order chi connectivity index (χ1) is 10.0. The number of hydrogen-bond donors (Lipinski definition) is 1. The van der Waals surface area contributed by atoms with Crippen molar-refractivity contribution in [2.75, 3.05) is 13.2 Å². The maximum absolute atomic E-state index is 12.6. The molecule has 0 radical (unpaired) electrons. The molecule has 110 valence electrons. The lowest BCUT2D eigenvalue weighted by Crippen LogP contribution is -2.39. The van der Waals surface area contributed by atoms with Gasteiger partial charge >= 0.3 is 0 Å². The Balaban J connectivity index is 1.76. The minimum absolute atomic E-state index is 0.134. The molecule has 21 heavy (non-hydrogen) atoms. The van der Waals surface area contributed by atoms with Gasteiger partial charge in [0.05, 0.1) is 23.8 Å². The highest BCUT2D eigenvalue weighted by molar-refractivity contribution is 7.89. The minimum Gasteiger partial charge on any atom is -0.379 e. The van der Waals surface area contributed by atoms with Crippen molar-refractivity contribution in [2.24, 2.45) is 5.92 Å². The lowest BCUT2D eigenvalue weighted by molar-refractivity contribution is 0.158. The van der Waals surface area contributed by atoms with Gasteiger partial charge in [-0.15, -0.1) is 0 Å². The van der Waals surface area contributed by atoms with Gasteiger partial charge in [0.1, 0.15) is 4.90 Å². The number of sulfonamides is 1. The Morgan fingerprint density at radius 3 is 2.57 bits per heavy atom. The molecule has 2 atom stereocenters. The predicted octanol–water partition coefficient (Wildman–Crippen LogP) is 2.56. The van der Waals surface area contributed by atoms with E-state index in [-0.39, 0.29) is 9.92 Å². The van der Waals surface area contributed by atoms with Gasteiger partial charge in [0, 0.05) is 5.92 Å². The Morgan fingerprint density at radius 1 is 1.24 bits per heavy atom. The van der Waals surface area contributed by atoms with Crippen molar-refractivity contribution in [2.45, 2.75) is 16.9 Å². The molecule has 2 fully saturated rings. The lowest BCUT2D eigenvalue weighted by Gasteiger charge is -2.15. The van der Waals surface area contributed by atoms with E-state index in [0.717, 1.165) is 17.2 Å². The molecule has 0 aromatic heterocycles. The fraction of sp³-hybridized carbons (Fsp3) is 0.333. The zero-order valence-corrected chi connectivity index (χ0v) is 12.7. The van der Waals surface area contributed by atoms with E-state index in [0.29, 0.717) is 19.1 Å². The molecule has 2 aliphatic rings. The van der Waals surface area contributed by atoms with Crippen LogP contribution in [0.15, 0.2) is 41.3 Å². The van der Waals surface area contributed by atoms with Crippen LogP contribution in [0.4, 0.5) is 0 Å². The van der Waals surface area contributed by atoms with E-state index in [1.54, 1.807) is 12.1 Å². The van der Waals surface area contributed by atoms with Crippen molar-refractivity contribution in [1.29, 1.82) is 0 Å². The monoisotopic (exact) mass is 323 g/mol. The van der Waals surface area contributed by atoms with Gasteiger partial charge in [-0.3, -0.25) is 0 Å². The van der Waals surface area contributed by atoms with E-state index in [1.165, 1.54) is 0 Å². The van der Waals surface area contributed by atoms with Crippen molar-refractivity contribution in [1.82, 2.24) is 4.72 Å². The van der Waals surface area contributed by atoms with E-state index < -0.39 is 15.6 Å². The summed E-state index contributed by atoms with van der Waals surface area (Å²) in [6.45, 7) is 1.08. The van der Waals surface area contributed by atoms with Gasteiger partial charge in [0.25, 0.3) is 0 Å². The third-order valence-corrected chi connectivity index (χ3v) is 6.35. The molecular weight excluding hydrogens is 310 g/mol. The van der Waals surface area contributed by atoms with Crippen molar-refractivity contribution in [3.63, 3.8) is 0 Å². The lowest BCUT2D eigenvalue weighted by atomic mass is 10.1. The highest BCUT2D eigenvalue weighted by Crippen LogP contribution is 2.49. The SMILES string of the molecule is O=S(=O)(N[C@@]12COC[C@@H]1C2)c1cc2ccccc2cc1Cl. The minimum atomic E-state index is -3.64. The number of benzene rings is 2. The number of halogens is 1. The summed E-state index contributed by atoms with van der Waals surface area (Å²) >= 11 is 6.18. The number of hydrogen-bond acceptors (Lipinski definition) is 3. The van der Waals surface area contributed by atoms with Gasteiger partial charge in [0.2, 0.25) is 10.0 Å². The van der Waals surface area contributed by atoms with Gasteiger partial charge < -0.3 is 4.74 Å². The Bertz CT molecular complexity index is 836. The summed E-state index contributed by atoms with van der Waals surface area (Å²) in [5.74, 6) is 0.298. The molecule has 6 heteroatoms. The van der Waals surface area contributed by atoms with Crippen LogP contribution in [-0.4, -0.2) is 27.2 Å². The van der Waals surface area contributed by atoms with Crippen LogP contribution in [0.5, 0.6) is 0 Å². The summed E-state index contributed by atoms with van der Waals surface area (Å²) in [5.41, 5.74) is -0.409. The molecule has 0 spiro atoms. The molecule has 1 aliphatic heterocycles. The molecule has 1 N–H and O–H groups in total. The summed E-state index contributed by atoms with van der Waals surface area (Å²) in [7, 11) is -3.64. The Morgan fingerprint density at radius 2 is 1.95 bits per heavy atom. The van der Waals surface area contributed by atoms with Crippen LogP contribution in [0.3, 0.4) is 0 Å². The molecule has 1 aliphatic carbocycles. The average molecular weight is 324 g/mol. The van der Waals surface area contributed by atoms with E-state index in [4.69, 9.17) is 16.3 Å². The summed E-state index contributed by atoms with van der Waals surface area (Å²) in [5, 5.41) is 2.02. The molecule has 1 saturated carbocycles. The van der Waals surface area contributed by atoms with E-state index in [1.807, 2.05) is 24.3 Å². The van der Waals surface area contributed by atoms with Crippen LogP contribution in [0, 0.1) is 5.92 Å². The second-order valence-electron chi connectivity index (χ2n) is 5.81. The first-order valence-corrected chi connectivity index (χ1v) is 8.66. The van der Waals surface area contributed by atoms with Gasteiger partial charge in [-0.05, 0) is 29.3 Å². The van der Waals surface area contributed by atoms with Crippen molar-refractivity contribution >= 4 is 32.4 Å². The zero-order valence-electron chi connectivity index (χ0n) is 11.2. The molecule has 1 heterocycles.